The molecular weight excluding hydrogens is 430 g/mol. The van der Waals surface area contributed by atoms with Crippen molar-refractivity contribution in [3.63, 3.8) is 0 Å². The molecule has 2 amide bonds. The van der Waals surface area contributed by atoms with Crippen molar-refractivity contribution in [1.29, 1.82) is 0 Å². The lowest BCUT2D eigenvalue weighted by molar-refractivity contribution is -0.114. The second-order valence-corrected chi connectivity index (χ2v) is 7.53. The predicted molar refractivity (Wildman–Crippen MR) is 132 cm³/mol. The molecule has 7 heteroatoms. The van der Waals surface area contributed by atoms with Crippen LogP contribution in [0.4, 0.5) is 17.1 Å². The number of nitrogens with one attached hydrogen (secondary N) is 3. The molecule has 1 heterocycles. The summed E-state index contributed by atoms with van der Waals surface area (Å²) in [6.45, 7) is 0.650. The van der Waals surface area contributed by atoms with Gasteiger partial charge in [0.15, 0.2) is 5.76 Å². The van der Waals surface area contributed by atoms with Crippen LogP contribution in [-0.2, 0) is 11.2 Å². The molecule has 3 aromatic carbocycles. The van der Waals surface area contributed by atoms with Crippen molar-refractivity contribution < 1.29 is 18.7 Å². The van der Waals surface area contributed by atoms with E-state index in [0.717, 1.165) is 17.9 Å². The van der Waals surface area contributed by atoms with E-state index in [0.29, 0.717) is 18.0 Å². The fourth-order valence-electron chi connectivity index (χ4n) is 3.29. The first-order chi connectivity index (χ1) is 16.7. The van der Waals surface area contributed by atoms with Crippen LogP contribution in [0.2, 0.25) is 0 Å². The van der Waals surface area contributed by atoms with Crippen molar-refractivity contribution in [3.05, 3.63) is 109 Å². The average Bonchev–Trinajstić information content (AvgIpc) is 3.39. The van der Waals surface area contributed by atoms with Crippen LogP contribution < -0.4 is 20.7 Å². The van der Waals surface area contributed by atoms with Gasteiger partial charge in [-0.15, -0.1) is 0 Å². The smallest absolute Gasteiger partial charge is 0.291 e. The zero-order chi connectivity index (χ0) is 23.6. The molecule has 4 rings (SSSR count). The summed E-state index contributed by atoms with van der Waals surface area (Å²) >= 11 is 0. The summed E-state index contributed by atoms with van der Waals surface area (Å²) in [6, 6.07) is 27.8. The molecule has 0 aliphatic rings. The Morgan fingerprint density at radius 2 is 1.53 bits per heavy atom. The Morgan fingerprint density at radius 3 is 2.32 bits per heavy atom. The van der Waals surface area contributed by atoms with Crippen LogP contribution >= 0.6 is 0 Å². The molecule has 0 aliphatic carbocycles. The molecule has 3 N–H and O–H groups in total. The zero-order valence-corrected chi connectivity index (χ0v) is 18.5. The van der Waals surface area contributed by atoms with Crippen LogP contribution in [0.1, 0.15) is 16.1 Å². The summed E-state index contributed by atoms with van der Waals surface area (Å²) < 4.78 is 10.9. The van der Waals surface area contributed by atoms with Gasteiger partial charge in [0.25, 0.3) is 5.91 Å². The Morgan fingerprint density at radius 1 is 0.765 bits per heavy atom. The van der Waals surface area contributed by atoms with Gasteiger partial charge in [-0.2, -0.15) is 0 Å². The molecular formula is C27H25N3O4. The van der Waals surface area contributed by atoms with E-state index in [2.05, 4.69) is 28.1 Å². The summed E-state index contributed by atoms with van der Waals surface area (Å²) in [6.07, 6.45) is 2.26. The molecule has 0 bridgehead atoms. The molecule has 0 saturated heterocycles. The van der Waals surface area contributed by atoms with Crippen LogP contribution in [0.5, 0.6) is 5.75 Å². The van der Waals surface area contributed by atoms with Gasteiger partial charge >= 0.3 is 0 Å². The second-order valence-electron chi connectivity index (χ2n) is 7.53. The first-order valence-electron chi connectivity index (χ1n) is 10.9. The normalized spacial score (nSPS) is 10.4. The summed E-state index contributed by atoms with van der Waals surface area (Å²) in [4.78, 5) is 24.5. The molecule has 34 heavy (non-hydrogen) atoms. The number of furan rings is 1. The lowest BCUT2D eigenvalue weighted by Crippen LogP contribution is -2.21. The molecule has 1 aromatic heterocycles. The van der Waals surface area contributed by atoms with E-state index in [1.807, 2.05) is 42.5 Å². The van der Waals surface area contributed by atoms with Gasteiger partial charge in [0, 0.05) is 29.5 Å². The SMILES string of the molecule is O=C(CNc1cccc(OCCc2ccccc2)c1)Nc1cccc(NC(=O)c2ccco2)c1. The monoisotopic (exact) mass is 455 g/mol. The lowest BCUT2D eigenvalue weighted by Gasteiger charge is -2.11. The Hall–Kier alpha value is -4.52. The highest BCUT2D eigenvalue weighted by atomic mass is 16.5. The Balaban J connectivity index is 1.24. The van der Waals surface area contributed by atoms with Crippen LogP contribution in [0.25, 0.3) is 0 Å². The first kappa shape index (κ1) is 22.7. The molecule has 0 atom stereocenters. The minimum absolute atomic E-state index is 0.0798. The molecule has 0 spiro atoms. The van der Waals surface area contributed by atoms with Crippen molar-refractivity contribution in [2.45, 2.75) is 6.42 Å². The first-order valence-corrected chi connectivity index (χ1v) is 10.9. The summed E-state index contributed by atoms with van der Waals surface area (Å²) in [7, 11) is 0. The molecule has 7 nitrogen and oxygen atoms in total. The number of benzene rings is 3. The number of carbonyl (C=O) groups excluding carboxylic acids is 2. The topological polar surface area (TPSA) is 92.6 Å². The summed E-state index contributed by atoms with van der Waals surface area (Å²) in [5.41, 5.74) is 3.12. The molecule has 0 fully saturated rings. The maximum absolute atomic E-state index is 12.4. The van der Waals surface area contributed by atoms with Crippen molar-refractivity contribution >= 4 is 28.9 Å². The number of ether oxygens (including phenoxy) is 1. The maximum Gasteiger partial charge on any atom is 0.291 e. The van der Waals surface area contributed by atoms with Crippen LogP contribution in [0.15, 0.2) is 102 Å². The average molecular weight is 456 g/mol. The van der Waals surface area contributed by atoms with Gasteiger partial charge in [0.1, 0.15) is 5.75 Å². The molecule has 0 aliphatic heterocycles. The third-order valence-electron chi connectivity index (χ3n) is 4.94. The van der Waals surface area contributed by atoms with E-state index in [-0.39, 0.29) is 24.1 Å². The molecule has 4 aromatic rings. The minimum Gasteiger partial charge on any atom is -0.493 e. The number of amides is 2. The Bertz CT molecular complexity index is 1220. The zero-order valence-electron chi connectivity index (χ0n) is 18.5. The fraction of sp³-hybridized carbons (Fsp3) is 0.111. The molecule has 0 unspecified atom stereocenters. The summed E-state index contributed by atoms with van der Waals surface area (Å²) in [5.74, 6) is 0.372. The number of rotatable bonds is 10. The Kier molecular flexibility index (Phi) is 7.58. The number of hydrogen-bond acceptors (Lipinski definition) is 5. The highest BCUT2D eigenvalue weighted by molar-refractivity contribution is 6.02. The van der Waals surface area contributed by atoms with Gasteiger partial charge in [-0.1, -0.05) is 42.5 Å². The quantitative estimate of drug-likeness (QED) is 0.306. The van der Waals surface area contributed by atoms with Gasteiger partial charge in [0.2, 0.25) is 5.91 Å². The molecule has 0 radical (unpaired) electrons. The molecule has 172 valence electrons. The minimum atomic E-state index is -0.360. The number of hydrogen-bond donors (Lipinski definition) is 3. The summed E-state index contributed by atoms with van der Waals surface area (Å²) in [5, 5.41) is 8.66. The van der Waals surface area contributed by atoms with Gasteiger partial charge < -0.3 is 25.1 Å². The number of anilines is 3. The lowest BCUT2D eigenvalue weighted by atomic mass is 10.2. The number of carbonyl (C=O) groups is 2. The van der Waals surface area contributed by atoms with E-state index in [4.69, 9.17) is 9.15 Å². The Labute approximate surface area is 197 Å². The fourth-order valence-corrected chi connectivity index (χ4v) is 3.29. The highest BCUT2D eigenvalue weighted by Crippen LogP contribution is 2.19. The van der Waals surface area contributed by atoms with E-state index < -0.39 is 0 Å². The van der Waals surface area contributed by atoms with Gasteiger partial charge in [-0.05, 0) is 48.0 Å². The van der Waals surface area contributed by atoms with Gasteiger partial charge in [-0.25, -0.2) is 0 Å². The van der Waals surface area contributed by atoms with Crippen LogP contribution in [0, 0.1) is 0 Å². The molecule has 0 saturated carbocycles. The van der Waals surface area contributed by atoms with E-state index >= 15 is 0 Å². The predicted octanol–water partition coefficient (Wildman–Crippen LogP) is 5.20. The largest absolute Gasteiger partial charge is 0.493 e. The van der Waals surface area contributed by atoms with Crippen molar-refractivity contribution in [2.24, 2.45) is 0 Å². The van der Waals surface area contributed by atoms with E-state index in [1.54, 1.807) is 36.4 Å². The van der Waals surface area contributed by atoms with Gasteiger partial charge in [0.05, 0.1) is 19.4 Å². The maximum atomic E-state index is 12.4. The van der Waals surface area contributed by atoms with E-state index in [1.165, 1.54) is 11.8 Å². The standard InChI is InChI=1S/C27H25N3O4/c31-26(29-22-10-4-11-23(17-22)30-27(32)25-13-6-15-34-25)19-28-21-9-5-12-24(18-21)33-16-14-20-7-2-1-3-8-20/h1-13,15,17-18,28H,14,16,19H2,(H,29,31)(H,30,32). The second kappa shape index (κ2) is 11.4. The van der Waals surface area contributed by atoms with Crippen LogP contribution in [0.3, 0.4) is 0 Å². The van der Waals surface area contributed by atoms with Crippen molar-refractivity contribution in [3.8, 4) is 5.75 Å². The van der Waals surface area contributed by atoms with Gasteiger partial charge in [-0.3, -0.25) is 9.59 Å². The van der Waals surface area contributed by atoms with Crippen molar-refractivity contribution in [1.82, 2.24) is 0 Å². The van der Waals surface area contributed by atoms with Crippen molar-refractivity contribution in [2.75, 3.05) is 29.1 Å². The highest BCUT2D eigenvalue weighted by Gasteiger charge is 2.09. The third kappa shape index (κ3) is 6.74. The third-order valence-corrected chi connectivity index (χ3v) is 4.94. The van der Waals surface area contributed by atoms with E-state index in [9.17, 15) is 9.59 Å². The van der Waals surface area contributed by atoms with Crippen LogP contribution in [-0.4, -0.2) is 25.0 Å².